The quantitative estimate of drug-likeness (QED) is 0.585. The van der Waals surface area contributed by atoms with E-state index >= 15 is 0 Å². The van der Waals surface area contributed by atoms with Gasteiger partial charge in [-0.3, -0.25) is 4.79 Å². The average molecular weight is 373 g/mol. The fourth-order valence-corrected chi connectivity index (χ4v) is 6.94. The van der Waals surface area contributed by atoms with Crippen LogP contribution in [0.3, 0.4) is 0 Å². The predicted molar refractivity (Wildman–Crippen MR) is 107 cm³/mol. The molecule has 4 rings (SSSR count). The van der Waals surface area contributed by atoms with Gasteiger partial charge in [0.1, 0.15) is 5.60 Å². The first-order valence-corrected chi connectivity index (χ1v) is 11.2. The standard InChI is InChI=1S/C24H36O3/c1-5-22(25)27-24(4)14-12-21-20-9-7-16-15-17(26-6-2)8-10-18(16)19(20)11-13-23(21,24)3/h7,15,18-21H,5-6,8-14H2,1-4H3. The van der Waals surface area contributed by atoms with Crippen molar-refractivity contribution in [2.45, 2.75) is 84.7 Å². The molecule has 0 saturated heterocycles. The monoisotopic (exact) mass is 372 g/mol. The maximum atomic E-state index is 12.1. The van der Waals surface area contributed by atoms with E-state index in [2.05, 4.69) is 32.9 Å². The molecule has 0 aliphatic heterocycles. The lowest BCUT2D eigenvalue weighted by Crippen LogP contribution is -2.52. The summed E-state index contributed by atoms with van der Waals surface area (Å²) in [4.78, 5) is 12.1. The van der Waals surface area contributed by atoms with Gasteiger partial charge in [0.05, 0.1) is 12.4 Å². The molecular weight excluding hydrogens is 336 g/mol. The van der Waals surface area contributed by atoms with Gasteiger partial charge in [-0.1, -0.05) is 19.9 Å². The second-order valence-electron chi connectivity index (χ2n) is 9.62. The molecule has 27 heavy (non-hydrogen) atoms. The lowest BCUT2D eigenvalue weighted by Gasteiger charge is -2.55. The van der Waals surface area contributed by atoms with Gasteiger partial charge in [-0.2, -0.15) is 0 Å². The number of ether oxygens (including phenoxy) is 2. The maximum Gasteiger partial charge on any atom is 0.306 e. The van der Waals surface area contributed by atoms with E-state index in [-0.39, 0.29) is 17.0 Å². The van der Waals surface area contributed by atoms with E-state index in [4.69, 9.17) is 9.47 Å². The summed E-state index contributed by atoms with van der Waals surface area (Å²) in [5.41, 5.74) is 1.38. The van der Waals surface area contributed by atoms with Crippen LogP contribution in [0.1, 0.15) is 79.1 Å². The minimum Gasteiger partial charge on any atom is -0.498 e. The van der Waals surface area contributed by atoms with Crippen LogP contribution in [0.25, 0.3) is 0 Å². The Labute approximate surface area is 164 Å². The fraction of sp³-hybridized carbons (Fsp3) is 0.792. The highest BCUT2D eigenvalue weighted by molar-refractivity contribution is 5.69. The first-order valence-electron chi connectivity index (χ1n) is 11.2. The van der Waals surface area contributed by atoms with Crippen molar-refractivity contribution in [3.8, 4) is 0 Å². The van der Waals surface area contributed by atoms with Crippen LogP contribution in [0, 0.1) is 29.1 Å². The number of rotatable bonds is 4. The Morgan fingerprint density at radius 1 is 1.15 bits per heavy atom. The van der Waals surface area contributed by atoms with E-state index < -0.39 is 0 Å². The van der Waals surface area contributed by atoms with Crippen LogP contribution in [-0.2, 0) is 14.3 Å². The highest BCUT2D eigenvalue weighted by atomic mass is 16.6. The van der Waals surface area contributed by atoms with Gasteiger partial charge in [0.2, 0.25) is 0 Å². The Kier molecular flexibility index (Phi) is 4.93. The third kappa shape index (κ3) is 2.96. The van der Waals surface area contributed by atoms with Crippen LogP contribution in [0.4, 0.5) is 0 Å². The molecule has 0 heterocycles. The summed E-state index contributed by atoms with van der Waals surface area (Å²) in [6.07, 6.45) is 13.5. The Morgan fingerprint density at radius 2 is 1.96 bits per heavy atom. The van der Waals surface area contributed by atoms with Gasteiger partial charge in [0, 0.05) is 18.3 Å². The van der Waals surface area contributed by atoms with Crippen molar-refractivity contribution in [1.29, 1.82) is 0 Å². The number of carbonyl (C=O) groups is 1. The second kappa shape index (κ2) is 6.97. The van der Waals surface area contributed by atoms with Crippen molar-refractivity contribution in [2.24, 2.45) is 29.1 Å². The Bertz CT molecular complexity index is 663. The van der Waals surface area contributed by atoms with E-state index in [1.165, 1.54) is 43.4 Å². The van der Waals surface area contributed by atoms with Gasteiger partial charge in [0.25, 0.3) is 0 Å². The van der Waals surface area contributed by atoms with Crippen molar-refractivity contribution in [3.05, 3.63) is 23.5 Å². The SMILES string of the molecule is CCOC1=CC2=CCC3C(CCC4(C)C3CCC4(C)OC(=O)CC)C2CC1. The number of hydrogen-bond donors (Lipinski definition) is 0. The number of esters is 1. The van der Waals surface area contributed by atoms with Crippen molar-refractivity contribution < 1.29 is 14.3 Å². The molecule has 150 valence electrons. The molecule has 3 heteroatoms. The van der Waals surface area contributed by atoms with Crippen LogP contribution in [0.15, 0.2) is 23.5 Å². The summed E-state index contributed by atoms with van der Waals surface area (Å²) in [6.45, 7) is 9.37. The molecule has 2 fully saturated rings. The third-order valence-corrected chi connectivity index (χ3v) is 8.58. The van der Waals surface area contributed by atoms with E-state index in [9.17, 15) is 4.79 Å². The van der Waals surface area contributed by atoms with Gasteiger partial charge < -0.3 is 9.47 Å². The zero-order valence-electron chi connectivity index (χ0n) is 17.6. The van der Waals surface area contributed by atoms with Gasteiger partial charge in [0.15, 0.2) is 0 Å². The topological polar surface area (TPSA) is 35.5 Å². The summed E-state index contributed by atoms with van der Waals surface area (Å²) in [6, 6.07) is 0. The molecule has 0 aromatic carbocycles. The summed E-state index contributed by atoms with van der Waals surface area (Å²) in [5, 5.41) is 0. The lowest BCUT2D eigenvalue weighted by molar-refractivity contribution is -0.177. The molecular formula is C24H36O3. The second-order valence-corrected chi connectivity index (χ2v) is 9.62. The van der Waals surface area contributed by atoms with E-state index in [0.29, 0.717) is 18.3 Å². The molecule has 2 saturated carbocycles. The highest BCUT2D eigenvalue weighted by Crippen LogP contribution is 2.65. The van der Waals surface area contributed by atoms with E-state index in [1.807, 2.05) is 6.92 Å². The van der Waals surface area contributed by atoms with Crippen molar-refractivity contribution in [3.63, 3.8) is 0 Å². The van der Waals surface area contributed by atoms with Crippen LogP contribution in [-0.4, -0.2) is 18.2 Å². The Balaban J connectivity index is 1.57. The summed E-state index contributed by atoms with van der Waals surface area (Å²) < 4.78 is 11.9. The molecule has 4 aliphatic carbocycles. The number of carbonyl (C=O) groups excluding carboxylic acids is 1. The van der Waals surface area contributed by atoms with Gasteiger partial charge in [-0.25, -0.2) is 0 Å². The van der Waals surface area contributed by atoms with Crippen LogP contribution >= 0.6 is 0 Å². The minimum atomic E-state index is -0.283. The maximum absolute atomic E-state index is 12.1. The lowest BCUT2D eigenvalue weighted by atomic mass is 9.51. The molecule has 0 bridgehead atoms. The van der Waals surface area contributed by atoms with E-state index in [1.54, 1.807) is 0 Å². The molecule has 3 nitrogen and oxygen atoms in total. The molecule has 6 atom stereocenters. The summed E-state index contributed by atoms with van der Waals surface area (Å²) in [7, 11) is 0. The molecule has 0 aromatic rings. The van der Waals surface area contributed by atoms with Crippen molar-refractivity contribution >= 4 is 5.97 Å². The highest BCUT2D eigenvalue weighted by Gasteiger charge is 2.62. The molecule has 0 N–H and O–H groups in total. The number of hydrogen-bond acceptors (Lipinski definition) is 3. The van der Waals surface area contributed by atoms with Crippen molar-refractivity contribution in [1.82, 2.24) is 0 Å². The Hall–Kier alpha value is -1.25. The summed E-state index contributed by atoms with van der Waals surface area (Å²) in [5.74, 6) is 4.09. The van der Waals surface area contributed by atoms with Crippen LogP contribution < -0.4 is 0 Å². The van der Waals surface area contributed by atoms with E-state index in [0.717, 1.165) is 31.3 Å². The molecule has 6 unspecified atom stereocenters. The number of allylic oxidation sites excluding steroid dienone is 4. The first-order chi connectivity index (χ1) is 12.9. The minimum absolute atomic E-state index is 0.0341. The predicted octanol–water partition coefficient (Wildman–Crippen LogP) is 5.80. The summed E-state index contributed by atoms with van der Waals surface area (Å²) >= 11 is 0. The third-order valence-electron chi connectivity index (χ3n) is 8.58. The molecule has 0 amide bonds. The Morgan fingerprint density at radius 3 is 2.70 bits per heavy atom. The molecule has 0 radical (unpaired) electrons. The molecule has 0 aromatic heterocycles. The smallest absolute Gasteiger partial charge is 0.306 e. The van der Waals surface area contributed by atoms with Gasteiger partial charge in [-0.05, 0) is 87.7 Å². The van der Waals surface area contributed by atoms with Gasteiger partial charge >= 0.3 is 5.97 Å². The van der Waals surface area contributed by atoms with Gasteiger partial charge in [-0.15, -0.1) is 0 Å². The zero-order chi connectivity index (χ0) is 19.2. The number of fused-ring (bicyclic) bond motifs is 5. The van der Waals surface area contributed by atoms with Crippen molar-refractivity contribution in [2.75, 3.05) is 6.61 Å². The zero-order valence-corrected chi connectivity index (χ0v) is 17.6. The van der Waals surface area contributed by atoms with Crippen LogP contribution in [0.2, 0.25) is 0 Å². The molecule has 0 spiro atoms. The van der Waals surface area contributed by atoms with Crippen LogP contribution in [0.5, 0.6) is 0 Å². The average Bonchev–Trinajstić information content (AvgIpc) is 2.92. The largest absolute Gasteiger partial charge is 0.498 e. The first kappa shape index (κ1) is 19.1. The fourth-order valence-electron chi connectivity index (χ4n) is 6.94. The molecule has 4 aliphatic rings. The normalized spacial score (nSPS) is 43.0.